The molecule has 2 aromatic rings. The van der Waals surface area contributed by atoms with E-state index >= 15 is 0 Å². The van der Waals surface area contributed by atoms with Gasteiger partial charge in [-0.25, -0.2) is 4.39 Å². The smallest absolute Gasteiger partial charge is 0.270 e. The van der Waals surface area contributed by atoms with E-state index in [1.807, 2.05) is 0 Å². The van der Waals surface area contributed by atoms with Gasteiger partial charge in [0, 0.05) is 29.7 Å². The SMILES string of the molecule is O=C(N[C@@H]1C[C@H]2CC[C@@H]1N2)c1cc2cc(F)ccc2cn1. The summed E-state index contributed by atoms with van der Waals surface area (Å²) in [4.78, 5) is 16.5. The summed E-state index contributed by atoms with van der Waals surface area (Å²) in [7, 11) is 0. The lowest BCUT2D eigenvalue weighted by Crippen LogP contribution is -2.43. The number of aromatic nitrogens is 1. The van der Waals surface area contributed by atoms with E-state index in [2.05, 4.69) is 15.6 Å². The van der Waals surface area contributed by atoms with E-state index in [0.29, 0.717) is 23.2 Å². The second-order valence-corrected chi connectivity index (χ2v) is 5.92. The second kappa shape index (κ2) is 4.77. The fraction of sp³-hybridized carbons (Fsp3) is 0.375. The molecule has 2 saturated heterocycles. The number of hydrogen-bond acceptors (Lipinski definition) is 3. The zero-order valence-corrected chi connectivity index (χ0v) is 11.5. The molecule has 1 amide bonds. The third kappa shape index (κ3) is 2.27. The van der Waals surface area contributed by atoms with Gasteiger partial charge in [0.25, 0.3) is 5.91 Å². The van der Waals surface area contributed by atoms with E-state index in [0.717, 1.165) is 18.2 Å². The lowest BCUT2D eigenvalue weighted by Gasteiger charge is -2.21. The molecule has 4 rings (SSSR count). The summed E-state index contributed by atoms with van der Waals surface area (Å²) < 4.78 is 13.3. The molecule has 1 aromatic carbocycles. The Balaban J connectivity index is 1.56. The van der Waals surface area contributed by atoms with Crippen molar-refractivity contribution < 1.29 is 9.18 Å². The van der Waals surface area contributed by atoms with Gasteiger partial charge in [-0.1, -0.05) is 0 Å². The zero-order chi connectivity index (χ0) is 14.4. The van der Waals surface area contributed by atoms with Gasteiger partial charge in [-0.05, 0) is 48.9 Å². The van der Waals surface area contributed by atoms with Crippen LogP contribution in [0.4, 0.5) is 4.39 Å². The number of benzene rings is 1. The van der Waals surface area contributed by atoms with Gasteiger partial charge in [0.15, 0.2) is 0 Å². The van der Waals surface area contributed by atoms with Crippen LogP contribution in [0.25, 0.3) is 10.8 Å². The maximum Gasteiger partial charge on any atom is 0.270 e. The molecule has 1 aromatic heterocycles. The Morgan fingerprint density at radius 1 is 1.29 bits per heavy atom. The number of fused-ring (bicyclic) bond motifs is 3. The Morgan fingerprint density at radius 3 is 2.95 bits per heavy atom. The summed E-state index contributed by atoms with van der Waals surface area (Å²) in [6, 6.07) is 7.24. The number of rotatable bonds is 2. The minimum Gasteiger partial charge on any atom is -0.346 e. The van der Waals surface area contributed by atoms with Crippen molar-refractivity contribution in [3.63, 3.8) is 0 Å². The van der Waals surface area contributed by atoms with Crippen LogP contribution in [0.1, 0.15) is 29.8 Å². The number of nitrogens with one attached hydrogen (secondary N) is 2. The molecule has 21 heavy (non-hydrogen) atoms. The molecule has 3 heterocycles. The van der Waals surface area contributed by atoms with Gasteiger partial charge in [-0.2, -0.15) is 0 Å². The highest BCUT2D eigenvalue weighted by molar-refractivity contribution is 5.96. The molecule has 0 unspecified atom stereocenters. The average molecular weight is 285 g/mol. The zero-order valence-electron chi connectivity index (χ0n) is 11.5. The molecule has 0 aliphatic carbocycles. The van der Waals surface area contributed by atoms with Crippen LogP contribution in [0.3, 0.4) is 0 Å². The van der Waals surface area contributed by atoms with Crippen LogP contribution in [-0.2, 0) is 0 Å². The van der Waals surface area contributed by atoms with E-state index in [9.17, 15) is 9.18 Å². The van der Waals surface area contributed by atoms with Crippen LogP contribution in [0.15, 0.2) is 30.5 Å². The number of carbonyl (C=O) groups is 1. The van der Waals surface area contributed by atoms with Gasteiger partial charge < -0.3 is 10.6 Å². The molecular formula is C16H16FN3O. The minimum absolute atomic E-state index is 0.180. The van der Waals surface area contributed by atoms with Crippen molar-refractivity contribution in [2.24, 2.45) is 0 Å². The Kier molecular flexibility index (Phi) is 2.89. The number of halogens is 1. The molecule has 2 aliphatic rings. The summed E-state index contributed by atoms with van der Waals surface area (Å²) >= 11 is 0. The molecule has 0 radical (unpaired) electrons. The van der Waals surface area contributed by atoms with Crippen molar-refractivity contribution in [1.82, 2.24) is 15.6 Å². The minimum atomic E-state index is -0.308. The monoisotopic (exact) mass is 285 g/mol. The van der Waals surface area contributed by atoms with Gasteiger partial charge in [0.1, 0.15) is 11.5 Å². The van der Waals surface area contributed by atoms with E-state index < -0.39 is 0 Å². The van der Waals surface area contributed by atoms with Crippen LogP contribution in [0.2, 0.25) is 0 Å². The highest BCUT2D eigenvalue weighted by Crippen LogP contribution is 2.28. The predicted molar refractivity (Wildman–Crippen MR) is 77.5 cm³/mol. The maximum atomic E-state index is 13.3. The Bertz CT molecular complexity index is 718. The average Bonchev–Trinajstić information content (AvgIpc) is 3.09. The van der Waals surface area contributed by atoms with Crippen molar-refractivity contribution >= 4 is 16.7 Å². The molecule has 5 heteroatoms. The van der Waals surface area contributed by atoms with Crippen molar-refractivity contribution in [2.45, 2.75) is 37.4 Å². The first-order valence-electron chi connectivity index (χ1n) is 7.31. The Morgan fingerprint density at radius 2 is 2.19 bits per heavy atom. The third-order valence-corrected chi connectivity index (χ3v) is 4.53. The standard InChI is InChI=1S/C16H16FN3O/c17-11-2-1-9-8-18-15(6-10(9)5-11)16(21)20-14-7-12-3-4-13(14)19-12/h1-2,5-6,8,12-14,19H,3-4,7H2,(H,20,21)/t12-,13+,14-/m1/s1. The quantitative estimate of drug-likeness (QED) is 0.887. The van der Waals surface area contributed by atoms with Crippen molar-refractivity contribution in [3.05, 3.63) is 42.0 Å². The summed E-state index contributed by atoms with van der Waals surface area (Å²) in [6.45, 7) is 0. The van der Waals surface area contributed by atoms with Gasteiger partial charge in [0.05, 0.1) is 0 Å². The van der Waals surface area contributed by atoms with Gasteiger partial charge in [-0.3, -0.25) is 9.78 Å². The second-order valence-electron chi connectivity index (χ2n) is 5.92. The van der Waals surface area contributed by atoms with E-state index in [4.69, 9.17) is 0 Å². The molecular weight excluding hydrogens is 269 g/mol. The number of pyridine rings is 1. The van der Waals surface area contributed by atoms with Crippen LogP contribution < -0.4 is 10.6 Å². The lowest BCUT2D eigenvalue weighted by molar-refractivity contribution is 0.0926. The normalized spacial score (nSPS) is 27.2. The molecule has 3 atom stereocenters. The highest BCUT2D eigenvalue weighted by Gasteiger charge is 2.39. The molecule has 0 spiro atoms. The molecule has 108 valence electrons. The summed E-state index contributed by atoms with van der Waals surface area (Å²) in [5.41, 5.74) is 0.343. The highest BCUT2D eigenvalue weighted by atomic mass is 19.1. The first-order valence-corrected chi connectivity index (χ1v) is 7.31. The van der Waals surface area contributed by atoms with Crippen molar-refractivity contribution in [3.8, 4) is 0 Å². The van der Waals surface area contributed by atoms with E-state index in [1.54, 1.807) is 18.3 Å². The Hall–Kier alpha value is -2.01. The molecule has 4 nitrogen and oxygen atoms in total. The van der Waals surface area contributed by atoms with Crippen LogP contribution in [0.5, 0.6) is 0 Å². The maximum absolute atomic E-state index is 13.3. The molecule has 2 fully saturated rings. The fourth-order valence-electron chi connectivity index (χ4n) is 3.46. The van der Waals surface area contributed by atoms with Gasteiger partial charge in [0.2, 0.25) is 0 Å². The number of hydrogen-bond donors (Lipinski definition) is 2. The molecule has 0 saturated carbocycles. The van der Waals surface area contributed by atoms with Gasteiger partial charge in [-0.15, -0.1) is 0 Å². The number of nitrogens with zero attached hydrogens (tertiary/aromatic N) is 1. The molecule has 2 bridgehead atoms. The fourth-order valence-corrected chi connectivity index (χ4v) is 3.46. The largest absolute Gasteiger partial charge is 0.346 e. The summed E-state index contributed by atoms with van der Waals surface area (Å²) in [5.74, 6) is -0.488. The van der Waals surface area contributed by atoms with Crippen LogP contribution in [0, 0.1) is 5.82 Å². The first-order chi connectivity index (χ1) is 10.2. The van der Waals surface area contributed by atoms with Crippen LogP contribution in [-0.4, -0.2) is 29.0 Å². The third-order valence-electron chi connectivity index (χ3n) is 4.53. The first kappa shape index (κ1) is 12.7. The topological polar surface area (TPSA) is 54.0 Å². The lowest BCUT2D eigenvalue weighted by atomic mass is 9.95. The summed E-state index contributed by atoms with van der Waals surface area (Å²) in [5, 5.41) is 8.06. The van der Waals surface area contributed by atoms with Crippen LogP contribution >= 0.6 is 0 Å². The predicted octanol–water partition coefficient (Wildman–Crippen LogP) is 2.00. The molecule has 2 aliphatic heterocycles. The van der Waals surface area contributed by atoms with E-state index in [1.165, 1.54) is 18.6 Å². The number of carbonyl (C=O) groups excluding carboxylic acids is 1. The number of amides is 1. The molecule has 2 N–H and O–H groups in total. The summed E-state index contributed by atoms with van der Waals surface area (Å²) in [6.07, 6.45) is 4.91. The van der Waals surface area contributed by atoms with Gasteiger partial charge >= 0.3 is 0 Å². The van der Waals surface area contributed by atoms with Crippen molar-refractivity contribution in [2.75, 3.05) is 0 Å². The van der Waals surface area contributed by atoms with E-state index in [-0.39, 0.29) is 17.8 Å². The van der Waals surface area contributed by atoms with Crippen molar-refractivity contribution in [1.29, 1.82) is 0 Å². The Labute approximate surface area is 121 Å².